The predicted octanol–water partition coefficient (Wildman–Crippen LogP) is 2.11. The minimum atomic E-state index is -0.568. The number of halogens is 2. The summed E-state index contributed by atoms with van der Waals surface area (Å²) < 4.78 is 33.8. The van der Waals surface area contributed by atoms with E-state index in [9.17, 15) is 8.78 Å². The molecule has 0 bridgehead atoms. The third-order valence-corrected chi connectivity index (χ3v) is 3.29. The van der Waals surface area contributed by atoms with Gasteiger partial charge >= 0.3 is 0 Å². The molecule has 6 heteroatoms. The van der Waals surface area contributed by atoms with Crippen LogP contribution in [0.15, 0.2) is 24.4 Å². The molecule has 1 aliphatic rings. The molecule has 2 aromatic rings. The fourth-order valence-corrected chi connectivity index (χ4v) is 2.19. The second-order valence-electron chi connectivity index (χ2n) is 4.60. The number of benzene rings is 1. The summed E-state index contributed by atoms with van der Waals surface area (Å²) in [6.07, 6.45) is 2.64. The van der Waals surface area contributed by atoms with Crippen molar-refractivity contribution in [2.24, 2.45) is 0 Å². The molecule has 4 nitrogen and oxygen atoms in total. The molecular formula is C13H13F2N3O. The molecule has 19 heavy (non-hydrogen) atoms. The number of nitrogens with zero attached hydrogens (tertiary/aromatic N) is 3. The van der Waals surface area contributed by atoms with Gasteiger partial charge in [-0.1, -0.05) is 11.3 Å². The van der Waals surface area contributed by atoms with Gasteiger partial charge in [-0.25, -0.2) is 13.5 Å². The molecule has 100 valence electrons. The van der Waals surface area contributed by atoms with Gasteiger partial charge in [-0.3, -0.25) is 0 Å². The highest BCUT2D eigenvalue weighted by Crippen LogP contribution is 2.23. The van der Waals surface area contributed by atoms with Crippen molar-refractivity contribution in [3.8, 4) is 0 Å². The van der Waals surface area contributed by atoms with Crippen molar-refractivity contribution in [3.63, 3.8) is 0 Å². The Balaban J connectivity index is 1.80. The first-order valence-corrected chi connectivity index (χ1v) is 6.14. The van der Waals surface area contributed by atoms with Gasteiger partial charge in [0.2, 0.25) is 0 Å². The van der Waals surface area contributed by atoms with Crippen LogP contribution in [0.25, 0.3) is 0 Å². The van der Waals surface area contributed by atoms with Gasteiger partial charge in [0.1, 0.15) is 11.6 Å². The maximum Gasteiger partial charge on any atom is 0.131 e. The van der Waals surface area contributed by atoms with Gasteiger partial charge in [0, 0.05) is 24.3 Å². The zero-order chi connectivity index (χ0) is 13.2. The molecule has 1 aromatic heterocycles. The van der Waals surface area contributed by atoms with Crippen molar-refractivity contribution >= 4 is 0 Å². The maximum atomic E-state index is 13.5. The third kappa shape index (κ3) is 2.49. The van der Waals surface area contributed by atoms with Crippen LogP contribution in [0, 0.1) is 11.6 Å². The summed E-state index contributed by atoms with van der Waals surface area (Å²) in [5.41, 5.74) is 0.816. The number of ether oxygens (including phenoxy) is 1. The molecule has 0 spiro atoms. The minimum Gasteiger partial charge on any atom is -0.381 e. The summed E-state index contributed by atoms with van der Waals surface area (Å²) >= 11 is 0. The summed E-state index contributed by atoms with van der Waals surface area (Å²) in [6.45, 7) is 1.39. The average Bonchev–Trinajstić information content (AvgIpc) is 3.04. The fourth-order valence-electron chi connectivity index (χ4n) is 2.19. The lowest BCUT2D eigenvalue weighted by molar-refractivity contribution is 0.193. The standard InChI is InChI=1S/C13H13F2N3O/c14-11-2-1-3-12(15)10(11)6-18-7-13(16-17-18)9-4-5-19-8-9/h1-3,7,9H,4-6,8H2. The lowest BCUT2D eigenvalue weighted by Gasteiger charge is -2.04. The van der Waals surface area contributed by atoms with E-state index in [1.807, 2.05) is 0 Å². The molecule has 3 rings (SSSR count). The molecule has 1 aromatic carbocycles. The number of hydrogen-bond acceptors (Lipinski definition) is 3. The molecule has 1 fully saturated rings. The van der Waals surface area contributed by atoms with Gasteiger partial charge in [-0.15, -0.1) is 5.10 Å². The molecule has 1 unspecified atom stereocenters. The van der Waals surface area contributed by atoms with Crippen LogP contribution >= 0.6 is 0 Å². The predicted molar refractivity (Wildman–Crippen MR) is 63.7 cm³/mol. The number of hydrogen-bond donors (Lipinski definition) is 0. The largest absolute Gasteiger partial charge is 0.381 e. The molecule has 1 aliphatic heterocycles. The summed E-state index contributed by atoms with van der Waals surface area (Å²) in [5, 5.41) is 7.96. The van der Waals surface area contributed by atoms with E-state index in [1.54, 1.807) is 6.20 Å². The van der Waals surface area contributed by atoms with Crippen LogP contribution in [0.5, 0.6) is 0 Å². The van der Waals surface area contributed by atoms with Crippen molar-refractivity contribution < 1.29 is 13.5 Å². The van der Waals surface area contributed by atoms with Gasteiger partial charge in [0.15, 0.2) is 0 Å². The first kappa shape index (κ1) is 12.2. The third-order valence-electron chi connectivity index (χ3n) is 3.29. The van der Waals surface area contributed by atoms with E-state index in [4.69, 9.17) is 4.74 Å². The van der Waals surface area contributed by atoms with Gasteiger partial charge in [-0.2, -0.15) is 0 Å². The number of rotatable bonds is 3. The van der Waals surface area contributed by atoms with Gasteiger partial charge in [0.05, 0.1) is 18.8 Å². The van der Waals surface area contributed by atoms with Crippen LogP contribution in [-0.4, -0.2) is 28.2 Å². The molecule has 0 radical (unpaired) electrons. The average molecular weight is 265 g/mol. The quantitative estimate of drug-likeness (QED) is 0.853. The fraction of sp³-hybridized carbons (Fsp3) is 0.385. The Morgan fingerprint density at radius 3 is 2.79 bits per heavy atom. The second-order valence-corrected chi connectivity index (χ2v) is 4.60. The summed E-state index contributed by atoms with van der Waals surface area (Å²) in [6, 6.07) is 3.82. The second kappa shape index (κ2) is 5.05. The Morgan fingerprint density at radius 1 is 1.32 bits per heavy atom. The van der Waals surface area contributed by atoms with E-state index < -0.39 is 11.6 Å². The Labute approximate surface area is 109 Å². The van der Waals surface area contributed by atoms with Crippen LogP contribution in [0.4, 0.5) is 8.78 Å². The lowest BCUT2D eigenvalue weighted by Crippen LogP contribution is -2.05. The monoisotopic (exact) mass is 265 g/mol. The summed E-state index contributed by atoms with van der Waals surface area (Å²) in [4.78, 5) is 0. The SMILES string of the molecule is Fc1cccc(F)c1Cn1cc(C2CCOC2)nn1. The van der Waals surface area contributed by atoms with Gasteiger partial charge < -0.3 is 4.74 Å². The van der Waals surface area contributed by atoms with Crippen molar-refractivity contribution in [1.29, 1.82) is 0 Å². The maximum absolute atomic E-state index is 13.5. The molecule has 1 atom stereocenters. The normalized spacial score (nSPS) is 18.9. The van der Waals surface area contributed by atoms with Crippen molar-refractivity contribution in [3.05, 3.63) is 47.3 Å². The van der Waals surface area contributed by atoms with Crippen LogP contribution in [0.2, 0.25) is 0 Å². The Bertz CT molecular complexity index is 559. The van der Waals surface area contributed by atoms with E-state index in [0.717, 1.165) is 18.7 Å². The molecule has 0 N–H and O–H groups in total. The van der Waals surface area contributed by atoms with E-state index in [2.05, 4.69) is 10.3 Å². The Hall–Kier alpha value is -1.82. The molecular weight excluding hydrogens is 252 g/mol. The molecule has 1 saturated heterocycles. The van der Waals surface area contributed by atoms with Gasteiger partial charge in [-0.05, 0) is 18.6 Å². The first-order chi connectivity index (χ1) is 9.24. The summed E-state index contributed by atoms with van der Waals surface area (Å²) in [7, 11) is 0. The molecule has 0 saturated carbocycles. The highest BCUT2D eigenvalue weighted by atomic mass is 19.1. The molecule has 0 amide bonds. The highest BCUT2D eigenvalue weighted by molar-refractivity contribution is 5.20. The lowest BCUT2D eigenvalue weighted by atomic mass is 10.1. The Morgan fingerprint density at radius 2 is 2.11 bits per heavy atom. The van der Waals surface area contributed by atoms with E-state index in [1.165, 1.54) is 22.9 Å². The number of aromatic nitrogens is 3. The first-order valence-electron chi connectivity index (χ1n) is 6.14. The van der Waals surface area contributed by atoms with Crippen LogP contribution in [0.3, 0.4) is 0 Å². The summed E-state index contributed by atoms with van der Waals surface area (Å²) in [5.74, 6) is -0.901. The van der Waals surface area contributed by atoms with Crippen LogP contribution in [-0.2, 0) is 11.3 Å². The topological polar surface area (TPSA) is 39.9 Å². The zero-order valence-electron chi connectivity index (χ0n) is 10.2. The molecule has 2 heterocycles. The highest BCUT2D eigenvalue weighted by Gasteiger charge is 2.21. The van der Waals surface area contributed by atoms with Crippen molar-refractivity contribution in [2.45, 2.75) is 18.9 Å². The van der Waals surface area contributed by atoms with Crippen molar-refractivity contribution in [1.82, 2.24) is 15.0 Å². The van der Waals surface area contributed by atoms with E-state index in [0.29, 0.717) is 6.61 Å². The van der Waals surface area contributed by atoms with E-state index in [-0.39, 0.29) is 18.0 Å². The van der Waals surface area contributed by atoms with Gasteiger partial charge in [0.25, 0.3) is 0 Å². The van der Waals surface area contributed by atoms with Crippen LogP contribution in [0.1, 0.15) is 23.6 Å². The van der Waals surface area contributed by atoms with E-state index >= 15 is 0 Å². The molecule has 0 aliphatic carbocycles. The van der Waals surface area contributed by atoms with Crippen molar-refractivity contribution in [2.75, 3.05) is 13.2 Å². The van der Waals surface area contributed by atoms with Crippen LogP contribution < -0.4 is 0 Å². The Kier molecular flexibility index (Phi) is 3.25. The minimum absolute atomic E-state index is 0.00150. The zero-order valence-corrected chi connectivity index (χ0v) is 10.2. The smallest absolute Gasteiger partial charge is 0.131 e.